The van der Waals surface area contributed by atoms with Gasteiger partial charge in [0.25, 0.3) is 0 Å². The van der Waals surface area contributed by atoms with Crippen LogP contribution in [-0.4, -0.2) is 33.5 Å². The van der Waals surface area contributed by atoms with Crippen molar-refractivity contribution in [2.75, 3.05) is 7.05 Å². The average Bonchev–Trinajstić information content (AvgIpc) is 2.73. The van der Waals surface area contributed by atoms with E-state index >= 15 is 0 Å². The lowest BCUT2D eigenvalue weighted by Gasteiger charge is -2.23. The highest BCUT2D eigenvalue weighted by atomic mass is 16.2. The predicted octanol–water partition coefficient (Wildman–Crippen LogP) is -0.575. The van der Waals surface area contributed by atoms with Crippen LogP contribution >= 0.6 is 0 Å². The fourth-order valence-corrected chi connectivity index (χ4v) is 2.20. The molecular formula is C10H14N4O2. The summed E-state index contributed by atoms with van der Waals surface area (Å²) in [5, 5.41) is 4.04. The molecule has 2 atom stereocenters. The number of nitrogens with zero attached hydrogens (tertiary/aromatic N) is 3. The van der Waals surface area contributed by atoms with Crippen LogP contribution in [0.3, 0.4) is 0 Å². The maximum Gasteiger partial charge on any atom is 0.223 e. The van der Waals surface area contributed by atoms with Crippen LogP contribution in [0.2, 0.25) is 0 Å². The van der Waals surface area contributed by atoms with Crippen molar-refractivity contribution in [1.29, 1.82) is 0 Å². The van der Waals surface area contributed by atoms with E-state index in [-0.39, 0.29) is 18.4 Å². The molecule has 1 aromatic rings. The second kappa shape index (κ2) is 3.62. The van der Waals surface area contributed by atoms with Gasteiger partial charge in [-0.05, 0) is 6.07 Å². The number of primary amides is 1. The van der Waals surface area contributed by atoms with E-state index in [0.717, 1.165) is 5.69 Å². The number of rotatable bonds is 2. The summed E-state index contributed by atoms with van der Waals surface area (Å²) >= 11 is 0. The van der Waals surface area contributed by atoms with Crippen LogP contribution in [0, 0.1) is 5.92 Å². The minimum absolute atomic E-state index is 0.0602. The smallest absolute Gasteiger partial charge is 0.223 e. The molecule has 1 aromatic heterocycles. The number of amides is 2. The lowest BCUT2D eigenvalue weighted by molar-refractivity contribution is -0.128. The highest BCUT2D eigenvalue weighted by Gasteiger charge is 2.42. The first-order valence-corrected chi connectivity index (χ1v) is 5.05. The maximum atomic E-state index is 11.6. The number of hydrogen-bond donors (Lipinski definition) is 1. The van der Waals surface area contributed by atoms with Crippen molar-refractivity contribution in [3.63, 3.8) is 0 Å². The van der Waals surface area contributed by atoms with Gasteiger partial charge < -0.3 is 10.6 Å². The Kier molecular flexibility index (Phi) is 2.41. The third-order valence-electron chi connectivity index (χ3n) is 3.11. The first-order valence-electron chi connectivity index (χ1n) is 5.05. The quantitative estimate of drug-likeness (QED) is 0.727. The summed E-state index contributed by atoms with van der Waals surface area (Å²) < 4.78 is 1.66. The van der Waals surface area contributed by atoms with Crippen LogP contribution in [0.4, 0.5) is 0 Å². The molecule has 16 heavy (non-hydrogen) atoms. The molecule has 6 heteroatoms. The van der Waals surface area contributed by atoms with Crippen LogP contribution in [0.25, 0.3) is 0 Å². The van der Waals surface area contributed by atoms with Gasteiger partial charge in [0, 0.05) is 26.7 Å². The van der Waals surface area contributed by atoms with Crippen molar-refractivity contribution < 1.29 is 9.59 Å². The SMILES string of the molecule is CN1C(=O)C[C@@H](C(N)=O)[C@H]1c1ccnn1C. The summed E-state index contributed by atoms with van der Waals surface area (Å²) in [4.78, 5) is 24.5. The molecule has 0 unspecified atom stereocenters. The Morgan fingerprint density at radius 3 is 2.75 bits per heavy atom. The molecule has 1 aliphatic rings. The fraction of sp³-hybridized carbons (Fsp3) is 0.500. The molecule has 6 nitrogen and oxygen atoms in total. The monoisotopic (exact) mass is 222 g/mol. The first kappa shape index (κ1) is 10.7. The Bertz CT molecular complexity index is 440. The zero-order valence-corrected chi connectivity index (χ0v) is 9.25. The van der Waals surface area contributed by atoms with Gasteiger partial charge in [0.05, 0.1) is 17.7 Å². The van der Waals surface area contributed by atoms with E-state index in [1.807, 2.05) is 0 Å². The van der Waals surface area contributed by atoms with Crippen LogP contribution in [0.15, 0.2) is 12.3 Å². The largest absolute Gasteiger partial charge is 0.369 e. The maximum absolute atomic E-state index is 11.6. The number of likely N-dealkylation sites (tertiary alicyclic amines) is 1. The van der Waals surface area contributed by atoms with Crippen molar-refractivity contribution in [2.24, 2.45) is 18.7 Å². The Morgan fingerprint density at radius 2 is 2.25 bits per heavy atom. The summed E-state index contributed by atoms with van der Waals surface area (Å²) in [5.41, 5.74) is 6.15. The van der Waals surface area contributed by atoms with Crippen molar-refractivity contribution in [2.45, 2.75) is 12.5 Å². The van der Waals surface area contributed by atoms with Crippen LogP contribution in [0.5, 0.6) is 0 Å². The minimum Gasteiger partial charge on any atom is -0.369 e. The van der Waals surface area contributed by atoms with Gasteiger partial charge in [-0.2, -0.15) is 5.10 Å². The molecule has 0 aliphatic carbocycles. The van der Waals surface area contributed by atoms with E-state index in [1.54, 1.807) is 35.9 Å². The molecule has 0 bridgehead atoms. The van der Waals surface area contributed by atoms with E-state index in [9.17, 15) is 9.59 Å². The Hall–Kier alpha value is -1.85. The molecule has 1 fully saturated rings. The number of nitrogens with two attached hydrogens (primary N) is 1. The van der Waals surface area contributed by atoms with Gasteiger partial charge in [0.15, 0.2) is 0 Å². The number of aryl methyl sites for hydroxylation is 1. The van der Waals surface area contributed by atoms with E-state index in [1.165, 1.54) is 0 Å². The topological polar surface area (TPSA) is 81.2 Å². The summed E-state index contributed by atoms with van der Waals surface area (Å²) in [7, 11) is 3.47. The van der Waals surface area contributed by atoms with Crippen LogP contribution in [0.1, 0.15) is 18.2 Å². The van der Waals surface area contributed by atoms with E-state index in [4.69, 9.17) is 5.73 Å². The molecule has 2 amide bonds. The second-order valence-corrected chi connectivity index (χ2v) is 4.04. The Balaban J connectivity index is 2.40. The molecule has 0 radical (unpaired) electrons. The Labute approximate surface area is 93.0 Å². The van der Waals surface area contributed by atoms with Crippen LogP contribution in [-0.2, 0) is 16.6 Å². The van der Waals surface area contributed by atoms with Gasteiger partial charge in [-0.25, -0.2) is 0 Å². The molecule has 2 rings (SSSR count). The molecule has 2 N–H and O–H groups in total. The standard InChI is InChI=1S/C10H14N4O2/c1-13-8(15)5-6(10(11)16)9(13)7-3-4-12-14(7)2/h3-4,6,9H,5H2,1-2H3,(H2,11,16)/t6-,9+/m1/s1. The molecule has 0 aromatic carbocycles. The molecule has 2 heterocycles. The normalized spacial score (nSPS) is 25.1. The van der Waals surface area contributed by atoms with Crippen molar-refractivity contribution >= 4 is 11.8 Å². The third-order valence-corrected chi connectivity index (χ3v) is 3.11. The lowest BCUT2D eigenvalue weighted by atomic mass is 9.97. The zero-order valence-electron chi connectivity index (χ0n) is 9.25. The van der Waals surface area contributed by atoms with Crippen LogP contribution < -0.4 is 5.73 Å². The third kappa shape index (κ3) is 1.46. The molecule has 0 saturated carbocycles. The molecule has 0 spiro atoms. The fourth-order valence-electron chi connectivity index (χ4n) is 2.20. The van der Waals surface area contributed by atoms with Crippen molar-refractivity contribution in [1.82, 2.24) is 14.7 Å². The molecule has 1 saturated heterocycles. The van der Waals surface area contributed by atoms with E-state index in [0.29, 0.717) is 0 Å². The zero-order chi connectivity index (χ0) is 11.9. The van der Waals surface area contributed by atoms with Crippen molar-refractivity contribution in [3.05, 3.63) is 18.0 Å². The highest BCUT2D eigenvalue weighted by molar-refractivity contribution is 5.89. The van der Waals surface area contributed by atoms with Gasteiger partial charge in [0.2, 0.25) is 11.8 Å². The Morgan fingerprint density at radius 1 is 1.56 bits per heavy atom. The molecular weight excluding hydrogens is 208 g/mol. The summed E-state index contributed by atoms with van der Waals surface area (Å²) in [5.74, 6) is -0.966. The number of hydrogen-bond acceptors (Lipinski definition) is 3. The second-order valence-electron chi connectivity index (χ2n) is 4.04. The first-order chi connectivity index (χ1) is 7.52. The van der Waals surface area contributed by atoms with Crippen molar-refractivity contribution in [3.8, 4) is 0 Å². The average molecular weight is 222 g/mol. The summed E-state index contributed by atoms with van der Waals surface area (Å²) in [6.45, 7) is 0. The number of carbonyl (C=O) groups excluding carboxylic acids is 2. The van der Waals surface area contributed by atoms with E-state index < -0.39 is 11.8 Å². The number of aromatic nitrogens is 2. The van der Waals surface area contributed by atoms with Gasteiger partial charge in [-0.3, -0.25) is 14.3 Å². The predicted molar refractivity (Wildman–Crippen MR) is 56.0 cm³/mol. The number of carbonyl (C=O) groups is 2. The molecule has 1 aliphatic heterocycles. The summed E-state index contributed by atoms with van der Waals surface area (Å²) in [6, 6.07) is 1.51. The molecule has 86 valence electrons. The summed E-state index contributed by atoms with van der Waals surface area (Å²) in [6.07, 6.45) is 1.83. The van der Waals surface area contributed by atoms with Gasteiger partial charge in [-0.15, -0.1) is 0 Å². The van der Waals surface area contributed by atoms with Gasteiger partial charge in [0.1, 0.15) is 0 Å². The van der Waals surface area contributed by atoms with Gasteiger partial charge >= 0.3 is 0 Å². The highest BCUT2D eigenvalue weighted by Crippen LogP contribution is 2.36. The van der Waals surface area contributed by atoms with Gasteiger partial charge in [-0.1, -0.05) is 0 Å². The minimum atomic E-state index is -0.465. The lowest BCUT2D eigenvalue weighted by Crippen LogP contribution is -2.31. The van der Waals surface area contributed by atoms with E-state index in [2.05, 4.69) is 5.10 Å².